The van der Waals surface area contributed by atoms with Crippen molar-refractivity contribution in [2.75, 3.05) is 0 Å². The molecule has 19 heavy (non-hydrogen) atoms. The zero-order valence-electron chi connectivity index (χ0n) is 11.1. The molecule has 3 rings (SSSR count). The van der Waals surface area contributed by atoms with Gasteiger partial charge < -0.3 is 5.11 Å². The quantitative estimate of drug-likeness (QED) is 0.934. The average Bonchev–Trinajstić information content (AvgIpc) is 3.07. The van der Waals surface area contributed by atoms with Gasteiger partial charge in [0.25, 0.3) is 0 Å². The van der Waals surface area contributed by atoms with Gasteiger partial charge in [0.1, 0.15) is 11.1 Å². The molecular weight excluding hydrogens is 258 g/mol. The van der Waals surface area contributed by atoms with Crippen molar-refractivity contribution < 1.29 is 5.11 Å². The summed E-state index contributed by atoms with van der Waals surface area (Å²) in [5, 5.41) is 17.5. The molecule has 0 bridgehead atoms. The van der Waals surface area contributed by atoms with Gasteiger partial charge in [-0.15, -0.1) is 11.3 Å². The predicted molar refractivity (Wildman–Crippen MR) is 75.2 cm³/mol. The lowest BCUT2D eigenvalue weighted by molar-refractivity contribution is 0.176. The first-order chi connectivity index (χ1) is 9.22. The minimum atomic E-state index is -0.536. The highest BCUT2D eigenvalue weighted by atomic mass is 32.1. The van der Waals surface area contributed by atoms with Crippen LogP contribution in [-0.4, -0.2) is 19.9 Å². The van der Waals surface area contributed by atoms with Crippen molar-refractivity contribution in [2.45, 2.75) is 51.2 Å². The van der Waals surface area contributed by atoms with Crippen LogP contribution in [0.15, 0.2) is 17.6 Å². The molecule has 0 radical (unpaired) electrons. The highest BCUT2D eigenvalue weighted by Gasteiger charge is 2.19. The van der Waals surface area contributed by atoms with Crippen LogP contribution in [0.3, 0.4) is 0 Å². The molecule has 0 spiro atoms. The Labute approximate surface area is 117 Å². The minimum Gasteiger partial charge on any atom is -0.386 e. The number of thiazole rings is 1. The topological polar surface area (TPSA) is 50.9 Å². The van der Waals surface area contributed by atoms with Crippen LogP contribution in [0, 0.1) is 6.92 Å². The zero-order chi connectivity index (χ0) is 13.2. The summed E-state index contributed by atoms with van der Waals surface area (Å²) < 4.78 is 2.07. The van der Waals surface area contributed by atoms with Gasteiger partial charge in [-0.25, -0.2) is 4.98 Å². The standard InChI is InChI=1S/C14H19N3OS/c1-10-9-19-14(15-10)13(18)8-11-6-7-17(16-11)12-4-2-3-5-12/h6-7,9,12-13,18H,2-5,8H2,1H3. The Morgan fingerprint density at radius 3 is 2.95 bits per heavy atom. The van der Waals surface area contributed by atoms with Gasteiger partial charge in [0.15, 0.2) is 0 Å². The van der Waals surface area contributed by atoms with Crippen molar-refractivity contribution in [1.29, 1.82) is 0 Å². The molecule has 1 fully saturated rings. The molecule has 0 saturated heterocycles. The number of aliphatic hydroxyl groups is 1. The van der Waals surface area contributed by atoms with Gasteiger partial charge in [0, 0.05) is 23.7 Å². The fourth-order valence-corrected chi connectivity index (χ4v) is 3.45. The summed E-state index contributed by atoms with van der Waals surface area (Å²) in [6.07, 6.45) is 7.13. The highest BCUT2D eigenvalue weighted by Crippen LogP contribution is 2.29. The number of aryl methyl sites for hydroxylation is 1. The number of nitrogens with zero attached hydrogens (tertiary/aromatic N) is 3. The second kappa shape index (κ2) is 5.43. The smallest absolute Gasteiger partial charge is 0.122 e. The number of rotatable bonds is 4. The Morgan fingerprint density at radius 1 is 1.47 bits per heavy atom. The van der Waals surface area contributed by atoms with E-state index in [0.717, 1.165) is 16.4 Å². The molecule has 2 aromatic heterocycles. The molecule has 1 atom stereocenters. The van der Waals surface area contributed by atoms with Crippen molar-refractivity contribution >= 4 is 11.3 Å². The van der Waals surface area contributed by atoms with E-state index in [4.69, 9.17) is 0 Å². The van der Waals surface area contributed by atoms with E-state index in [2.05, 4.69) is 14.8 Å². The van der Waals surface area contributed by atoms with Crippen LogP contribution in [-0.2, 0) is 6.42 Å². The van der Waals surface area contributed by atoms with Crippen LogP contribution in [0.1, 0.15) is 54.2 Å². The Kier molecular flexibility index (Phi) is 3.66. The van der Waals surface area contributed by atoms with E-state index in [-0.39, 0.29) is 0 Å². The molecule has 1 N–H and O–H groups in total. The molecule has 1 aliphatic rings. The van der Waals surface area contributed by atoms with Crippen molar-refractivity contribution in [3.63, 3.8) is 0 Å². The van der Waals surface area contributed by atoms with Crippen molar-refractivity contribution in [1.82, 2.24) is 14.8 Å². The Bertz CT molecular complexity index is 542. The number of hydrogen-bond donors (Lipinski definition) is 1. The third-order valence-corrected chi connectivity index (χ3v) is 4.75. The molecule has 102 valence electrons. The minimum absolute atomic E-state index is 0.536. The molecule has 0 amide bonds. The highest BCUT2D eigenvalue weighted by molar-refractivity contribution is 7.09. The van der Waals surface area contributed by atoms with Gasteiger partial charge in [-0.1, -0.05) is 12.8 Å². The SMILES string of the molecule is Cc1csc(C(O)Cc2ccn(C3CCCC3)n2)n1. The normalized spacial score (nSPS) is 18.0. The van der Waals surface area contributed by atoms with Crippen LogP contribution in [0.25, 0.3) is 0 Å². The maximum absolute atomic E-state index is 10.2. The first-order valence-electron chi connectivity index (χ1n) is 6.86. The average molecular weight is 277 g/mol. The van der Waals surface area contributed by atoms with Crippen molar-refractivity contribution in [3.05, 3.63) is 34.0 Å². The molecule has 1 unspecified atom stereocenters. The second-order valence-electron chi connectivity index (χ2n) is 5.27. The molecule has 5 heteroatoms. The summed E-state index contributed by atoms with van der Waals surface area (Å²) in [5.41, 5.74) is 1.92. The van der Waals surface area contributed by atoms with E-state index in [1.165, 1.54) is 37.0 Å². The molecule has 4 nitrogen and oxygen atoms in total. The summed E-state index contributed by atoms with van der Waals surface area (Å²) in [5.74, 6) is 0. The Hall–Kier alpha value is -1.20. The van der Waals surface area contributed by atoms with Crippen LogP contribution < -0.4 is 0 Å². The summed E-state index contributed by atoms with van der Waals surface area (Å²) in [7, 11) is 0. The number of aromatic nitrogens is 3. The van der Waals surface area contributed by atoms with E-state index in [9.17, 15) is 5.11 Å². The lowest BCUT2D eigenvalue weighted by atomic mass is 10.2. The van der Waals surface area contributed by atoms with Gasteiger partial charge in [-0.05, 0) is 25.8 Å². The summed E-state index contributed by atoms with van der Waals surface area (Å²) in [6, 6.07) is 2.58. The van der Waals surface area contributed by atoms with Gasteiger partial charge in [0.2, 0.25) is 0 Å². The van der Waals surface area contributed by atoms with Crippen LogP contribution in [0.4, 0.5) is 0 Å². The molecule has 1 aliphatic carbocycles. The maximum Gasteiger partial charge on any atom is 0.122 e. The molecule has 1 saturated carbocycles. The van der Waals surface area contributed by atoms with E-state index in [0.29, 0.717) is 12.5 Å². The first-order valence-corrected chi connectivity index (χ1v) is 7.74. The van der Waals surface area contributed by atoms with Crippen LogP contribution in [0.5, 0.6) is 0 Å². The summed E-state index contributed by atoms with van der Waals surface area (Å²) in [4.78, 5) is 4.32. The molecule has 2 aromatic rings. The zero-order valence-corrected chi connectivity index (χ0v) is 11.9. The fourth-order valence-electron chi connectivity index (χ4n) is 2.67. The van der Waals surface area contributed by atoms with Gasteiger partial charge in [0.05, 0.1) is 11.7 Å². The van der Waals surface area contributed by atoms with Gasteiger partial charge in [-0.3, -0.25) is 4.68 Å². The van der Waals surface area contributed by atoms with E-state index < -0.39 is 6.10 Å². The Balaban J connectivity index is 1.66. The number of hydrogen-bond acceptors (Lipinski definition) is 4. The third-order valence-electron chi connectivity index (χ3n) is 3.69. The van der Waals surface area contributed by atoms with Crippen LogP contribution in [0.2, 0.25) is 0 Å². The summed E-state index contributed by atoms with van der Waals surface area (Å²) >= 11 is 1.51. The molecular formula is C14H19N3OS. The maximum atomic E-state index is 10.2. The molecule has 0 aromatic carbocycles. The predicted octanol–water partition coefficient (Wildman–Crippen LogP) is 3.04. The lowest BCUT2D eigenvalue weighted by Crippen LogP contribution is -2.07. The number of aliphatic hydroxyl groups excluding tert-OH is 1. The first kappa shape index (κ1) is 12.8. The molecule has 2 heterocycles. The van der Waals surface area contributed by atoms with Gasteiger partial charge in [-0.2, -0.15) is 5.10 Å². The fraction of sp³-hybridized carbons (Fsp3) is 0.571. The monoisotopic (exact) mass is 277 g/mol. The molecule has 0 aliphatic heterocycles. The van der Waals surface area contributed by atoms with E-state index in [1.54, 1.807) is 0 Å². The van der Waals surface area contributed by atoms with Gasteiger partial charge >= 0.3 is 0 Å². The third kappa shape index (κ3) is 2.87. The largest absolute Gasteiger partial charge is 0.386 e. The van der Waals surface area contributed by atoms with E-state index in [1.807, 2.05) is 24.6 Å². The van der Waals surface area contributed by atoms with Crippen molar-refractivity contribution in [3.8, 4) is 0 Å². The van der Waals surface area contributed by atoms with Crippen LogP contribution >= 0.6 is 11.3 Å². The van der Waals surface area contributed by atoms with Crippen molar-refractivity contribution in [2.24, 2.45) is 0 Å². The van der Waals surface area contributed by atoms with E-state index >= 15 is 0 Å². The Morgan fingerprint density at radius 2 is 2.26 bits per heavy atom. The lowest BCUT2D eigenvalue weighted by Gasteiger charge is -2.09. The summed E-state index contributed by atoms with van der Waals surface area (Å²) in [6.45, 7) is 1.95. The second-order valence-corrected chi connectivity index (χ2v) is 6.16.